The van der Waals surface area contributed by atoms with Crippen molar-refractivity contribution in [2.75, 3.05) is 5.32 Å². The second-order valence-corrected chi connectivity index (χ2v) is 4.47. The largest absolute Gasteiger partial charge is 0.478 e. The van der Waals surface area contributed by atoms with Gasteiger partial charge in [0.15, 0.2) is 0 Å². The fourth-order valence-corrected chi connectivity index (χ4v) is 1.94. The molecule has 0 fully saturated rings. The van der Waals surface area contributed by atoms with E-state index in [0.717, 1.165) is 19.3 Å². The zero-order valence-electron chi connectivity index (χ0n) is 10.2. The maximum atomic E-state index is 11.1. The molecule has 94 valence electrons. The number of benzene rings is 1. The second kappa shape index (κ2) is 6.50. The maximum absolute atomic E-state index is 11.1. The van der Waals surface area contributed by atoms with Crippen LogP contribution in [-0.4, -0.2) is 17.1 Å². The number of halogens is 1. The summed E-state index contributed by atoms with van der Waals surface area (Å²) in [6, 6.07) is 5.09. The minimum atomic E-state index is -0.935. The first-order valence-electron chi connectivity index (χ1n) is 5.87. The zero-order valence-corrected chi connectivity index (χ0v) is 10.9. The third kappa shape index (κ3) is 3.93. The van der Waals surface area contributed by atoms with Crippen LogP contribution in [0.25, 0.3) is 0 Å². The van der Waals surface area contributed by atoms with Crippen molar-refractivity contribution in [3.8, 4) is 0 Å². The normalized spacial score (nSPS) is 12.2. The van der Waals surface area contributed by atoms with Crippen molar-refractivity contribution in [1.82, 2.24) is 0 Å². The zero-order chi connectivity index (χ0) is 12.8. The minimum Gasteiger partial charge on any atom is -0.478 e. The summed E-state index contributed by atoms with van der Waals surface area (Å²) in [6.07, 6.45) is 3.04. The van der Waals surface area contributed by atoms with Crippen LogP contribution in [0.4, 0.5) is 5.69 Å². The molecule has 2 N–H and O–H groups in total. The molecule has 0 aliphatic heterocycles. The Bertz CT molecular complexity index is 393. The average molecular weight is 256 g/mol. The number of hydrogen-bond acceptors (Lipinski definition) is 2. The molecule has 0 aliphatic carbocycles. The number of hydrogen-bond donors (Lipinski definition) is 2. The van der Waals surface area contributed by atoms with Gasteiger partial charge in [0.25, 0.3) is 0 Å². The average Bonchev–Trinajstić information content (AvgIpc) is 2.28. The summed E-state index contributed by atoms with van der Waals surface area (Å²) in [5, 5.41) is 12.9. The molecule has 0 heterocycles. The Labute approximate surface area is 107 Å². The predicted molar refractivity (Wildman–Crippen MR) is 71.0 cm³/mol. The topological polar surface area (TPSA) is 49.3 Å². The lowest BCUT2D eigenvalue weighted by molar-refractivity contribution is 0.0698. The first kappa shape index (κ1) is 13.8. The summed E-state index contributed by atoms with van der Waals surface area (Å²) in [5.74, 6) is -0.935. The highest BCUT2D eigenvalue weighted by molar-refractivity contribution is 6.31. The first-order chi connectivity index (χ1) is 8.08. The summed E-state index contributed by atoms with van der Waals surface area (Å²) in [6.45, 7) is 4.19. The lowest BCUT2D eigenvalue weighted by Crippen LogP contribution is -2.19. The predicted octanol–water partition coefficient (Wildman–Crippen LogP) is 4.03. The molecule has 0 saturated carbocycles. The third-order valence-electron chi connectivity index (χ3n) is 2.70. The molecule has 1 rings (SSSR count). The van der Waals surface area contributed by atoms with Crippen molar-refractivity contribution in [2.45, 2.75) is 39.2 Å². The standard InChI is InChI=1S/C13H18ClNO2/c1-3-5-10(4-2)15-12-8-9(14)6-7-11(12)13(16)17/h6-8,10,15H,3-5H2,1-2H3,(H,16,17). The van der Waals surface area contributed by atoms with E-state index in [1.807, 2.05) is 0 Å². The number of aromatic carboxylic acids is 1. The Morgan fingerprint density at radius 2 is 2.18 bits per heavy atom. The highest BCUT2D eigenvalue weighted by atomic mass is 35.5. The summed E-state index contributed by atoms with van der Waals surface area (Å²) < 4.78 is 0. The Morgan fingerprint density at radius 3 is 2.71 bits per heavy atom. The Balaban J connectivity index is 2.94. The van der Waals surface area contributed by atoms with Crippen molar-refractivity contribution in [3.05, 3.63) is 28.8 Å². The van der Waals surface area contributed by atoms with E-state index in [1.54, 1.807) is 12.1 Å². The van der Waals surface area contributed by atoms with E-state index in [1.165, 1.54) is 6.07 Å². The van der Waals surface area contributed by atoms with Crippen LogP contribution in [0.5, 0.6) is 0 Å². The number of carbonyl (C=O) groups is 1. The van der Waals surface area contributed by atoms with Crippen molar-refractivity contribution in [3.63, 3.8) is 0 Å². The van der Waals surface area contributed by atoms with Crippen LogP contribution in [0.2, 0.25) is 5.02 Å². The second-order valence-electron chi connectivity index (χ2n) is 4.03. The first-order valence-corrected chi connectivity index (χ1v) is 6.25. The molecule has 1 unspecified atom stereocenters. The summed E-state index contributed by atoms with van der Waals surface area (Å²) in [5.41, 5.74) is 0.870. The van der Waals surface area contributed by atoms with Gasteiger partial charge in [-0.05, 0) is 31.0 Å². The van der Waals surface area contributed by atoms with Crippen LogP contribution >= 0.6 is 11.6 Å². The van der Waals surface area contributed by atoms with Crippen LogP contribution < -0.4 is 5.32 Å². The number of nitrogens with one attached hydrogen (secondary N) is 1. The molecule has 0 bridgehead atoms. The third-order valence-corrected chi connectivity index (χ3v) is 2.94. The van der Waals surface area contributed by atoms with Crippen LogP contribution in [-0.2, 0) is 0 Å². The van der Waals surface area contributed by atoms with Gasteiger partial charge < -0.3 is 10.4 Å². The van der Waals surface area contributed by atoms with E-state index in [4.69, 9.17) is 16.7 Å². The number of carboxylic acid groups (broad SMARTS) is 1. The molecule has 0 saturated heterocycles. The Kier molecular flexibility index (Phi) is 5.29. The van der Waals surface area contributed by atoms with Gasteiger partial charge in [0.05, 0.1) is 11.3 Å². The summed E-state index contributed by atoms with van der Waals surface area (Å²) >= 11 is 5.89. The highest BCUT2D eigenvalue weighted by Crippen LogP contribution is 2.23. The maximum Gasteiger partial charge on any atom is 0.337 e. The molecule has 0 aromatic heterocycles. The van der Waals surface area contributed by atoms with Crippen LogP contribution in [0.3, 0.4) is 0 Å². The van der Waals surface area contributed by atoms with Crippen molar-refractivity contribution in [2.24, 2.45) is 0 Å². The molecule has 1 atom stereocenters. The molecule has 17 heavy (non-hydrogen) atoms. The lowest BCUT2D eigenvalue weighted by Gasteiger charge is -2.19. The van der Waals surface area contributed by atoms with Crippen LogP contribution in [0, 0.1) is 0 Å². The van der Waals surface area contributed by atoms with Gasteiger partial charge in [0.2, 0.25) is 0 Å². The minimum absolute atomic E-state index is 0.268. The van der Waals surface area contributed by atoms with Gasteiger partial charge in [-0.15, -0.1) is 0 Å². The quantitative estimate of drug-likeness (QED) is 0.807. The monoisotopic (exact) mass is 255 g/mol. The van der Waals surface area contributed by atoms with E-state index >= 15 is 0 Å². The van der Waals surface area contributed by atoms with Gasteiger partial charge in [-0.3, -0.25) is 0 Å². The fourth-order valence-electron chi connectivity index (χ4n) is 1.77. The van der Waals surface area contributed by atoms with Crippen molar-refractivity contribution < 1.29 is 9.90 Å². The van der Waals surface area contributed by atoms with Crippen molar-refractivity contribution >= 4 is 23.3 Å². The molecule has 0 aliphatic rings. The van der Waals surface area contributed by atoms with E-state index in [-0.39, 0.29) is 11.6 Å². The molecular weight excluding hydrogens is 238 g/mol. The number of anilines is 1. The fraction of sp³-hybridized carbons (Fsp3) is 0.462. The van der Waals surface area contributed by atoms with Gasteiger partial charge in [0, 0.05) is 11.1 Å². The molecule has 1 aromatic carbocycles. The molecule has 0 amide bonds. The molecule has 3 nitrogen and oxygen atoms in total. The molecule has 1 aromatic rings. The van der Waals surface area contributed by atoms with E-state index < -0.39 is 5.97 Å². The smallest absolute Gasteiger partial charge is 0.337 e. The van der Waals surface area contributed by atoms with Crippen LogP contribution in [0.1, 0.15) is 43.5 Å². The number of rotatable bonds is 6. The van der Waals surface area contributed by atoms with Gasteiger partial charge in [-0.25, -0.2) is 4.79 Å². The van der Waals surface area contributed by atoms with E-state index in [0.29, 0.717) is 10.7 Å². The Morgan fingerprint density at radius 1 is 1.47 bits per heavy atom. The van der Waals surface area contributed by atoms with Gasteiger partial charge in [-0.2, -0.15) is 0 Å². The van der Waals surface area contributed by atoms with Gasteiger partial charge in [0.1, 0.15) is 0 Å². The Hall–Kier alpha value is -1.22. The van der Waals surface area contributed by atoms with Gasteiger partial charge >= 0.3 is 5.97 Å². The molecule has 0 spiro atoms. The lowest BCUT2D eigenvalue weighted by atomic mass is 10.1. The van der Waals surface area contributed by atoms with E-state index in [2.05, 4.69) is 19.2 Å². The highest BCUT2D eigenvalue weighted by Gasteiger charge is 2.13. The van der Waals surface area contributed by atoms with Crippen molar-refractivity contribution in [1.29, 1.82) is 0 Å². The van der Waals surface area contributed by atoms with Gasteiger partial charge in [-0.1, -0.05) is 31.9 Å². The van der Waals surface area contributed by atoms with Crippen LogP contribution in [0.15, 0.2) is 18.2 Å². The number of carboxylic acids is 1. The van der Waals surface area contributed by atoms with E-state index in [9.17, 15) is 4.79 Å². The molecule has 4 heteroatoms. The molecular formula is C13H18ClNO2. The SMILES string of the molecule is CCCC(CC)Nc1cc(Cl)ccc1C(=O)O. The summed E-state index contributed by atoms with van der Waals surface area (Å²) in [7, 11) is 0. The molecule has 0 radical (unpaired) electrons. The summed E-state index contributed by atoms with van der Waals surface area (Å²) in [4.78, 5) is 11.1.